The van der Waals surface area contributed by atoms with Crippen LogP contribution in [0.4, 0.5) is 0 Å². The predicted octanol–water partition coefficient (Wildman–Crippen LogP) is 2.37. The van der Waals surface area contributed by atoms with Gasteiger partial charge >= 0.3 is 0 Å². The van der Waals surface area contributed by atoms with Crippen LogP contribution in [0.5, 0.6) is 0 Å². The van der Waals surface area contributed by atoms with Crippen LogP contribution in [0.25, 0.3) is 0 Å². The number of hydrogen-bond acceptors (Lipinski definition) is 3. The van der Waals surface area contributed by atoms with Crippen molar-refractivity contribution in [2.45, 2.75) is 58.4 Å². The summed E-state index contributed by atoms with van der Waals surface area (Å²) in [5.74, 6) is 1.23. The molecule has 1 N–H and O–H groups in total. The van der Waals surface area contributed by atoms with E-state index in [0.717, 1.165) is 13.0 Å². The summed E-state index contributed by atoms with van der Waals surface area (Å²) in [5.41, 5.74) is 0.365. The van der Waals surface area contributed by atoms with Gasteiger partial charge in [0.1, 0.15) is 0 Å². The summed E-state index contributed by atoms with van der Waals surface area (Å²) in [6, 6.07) is 0. The first-order valence-electron chi connectivity index (χ1n) is 7.18. The van der Waals surface area contributed by atoms with Crippen molar-refractivity contribution in [2.24, 2.45) is 11.3 Å². The van der Waals surface area contributed by atoms with E-state index in [1.807, 2.05) is 0 Å². The fourth-order valence-electron chi connectivity index (χ4n) is 3.53. The summed E-state index contributed by atoms with van der Waals surface area (Å²) >= 11 is 0. The first-order valence-corrected chi connectivity index (χ1v) is 9.00. The van der Waals surface area contributed by atoms with Gasteiger partial charge in [-0.1, -0.05) is 12.8 Å². The fraction of sp³-hybridized carbons (Fsp3) is 1.00. The maximum atomic E-state index is 11.7. The first-order chi connectivity index (χ1) is 8.23. The zero-order valence-electron chi connectivity index (χ0n) is 12.0. The highest BCUT2D eigenvalue weighted by atomic mass is 32.2. The Labute approximate surface area is 112 Å². The Balaban J connectivity index is 2.08. The molecule has 106 valence electrons. The average molecular weight is 273 g/mol. The van der Waals surface area contributed by atoms with Gasteiger partial charge in [0, 0.05) is 12.1 Å². The van der Waals surface area contributed by atoms with E-state index in [0.29, 0.717) is 17.4 Å². The number of rotatable bonds is 3. The lowest BCUT2D eigenvalue weighted by atomic mass is 9.73. The lowest BCUT2D eigenvalue weighted by Gasteiger charge is -2.38. The van der Waals surface area contributed by atoms with E-state index >= 15 is 0 Å². The molecule has 0 aromatic heterocycles. The van der Waals surface area contributed by atoms with Crippen LogP contribution in [0.2, 0.25) is 0 Å². The molecule has 2 fully saturated rings. The monoisotopic (exact) mass is 273 g/mol. The molecule has 0 aromatic rings. The minimum absolute atomic E-state index is 0.118. The van der Waals surface area contributed by atoms with E-state index in [4.69, 9.17) is 0 Å². The van der Waals surface area contributed by atoms with Crippen LogP contribution >= 0.6 is 0 Å². The quantitative estimate of drug-likeness (QED) is 0.858. The second-order valence-corrected chi connectivity index (χ2v) is 9.50. The molecule has 0 aromatic carbocycles. The molecular weight excluding hydrogens is 246 g/mol. The van der Waals surface area contributed by atoms with Crippen LogP contribution in [0.15, 0.2) is 0 Å². The molecule has 18 heavy (non-hydrogen) atoms. The molecule has 0 bridgehead atoms. The maximum absolute atomic E-state index is 11.7. The summed E-state index contributed by atoms with van der Waals surface area (Å²) in [7, 11) is -2.75. The van der Waals surface area contributed by atoms with Crippen molar-refractivity contribution in [2.75, 3.05) is 18.1 Å². The van der Waals surface area contributed by atoms with E-state index in [1.165, 1.54) is 25.7 Å². The Kier molecular flexibility index (Phi) is 3.81. The highest BCUT2D eigenvalue weighted by molar-refractivity contribution is 7.91. The minimum atomic E-state index is -2.75. The van der Waals surface area contributed by atoms with Crippen molar-refractivity contribution < 1.29 is 8.42 Å². The molecule has 1 atom stereocenters. The Morgan fingerprint density at radius 2 is 1.83 bits per heavy atom. The van der Waals surface area contributed by atoms with Gasteiger partial charge in [-0.3, -0.25) is 0 Å². The van der Waals surface area contributed by atoms with Crippen LogP contribution in [-0.4, -0.2) is 32.0 Å². The van der Waals surface area contributed by atoms with Gasteiger partial charge in [0.15, 0.2) is 9.84 Å². The fourth-order valence-corrected chi connectivity index (χ4v) is 5.47. The van der Waals surface area contributed by atoms with Crippen molar-refractivity contribution in [1.82, 2.24) is 5.32 Å². The van der Waals surface area contributed by atoms with Gasteiger partial charge in [0.05, 0.1) is 11.5 Å². The summed E-state index contributed by atoms with van der Waals surface area (Å²) < 4.78 is 23.4. The highest BCUT2D eigenvalue weighted by Gasteiger charge is 2.46. The predicted molar refractivity (Wildman–Crippen MR) is 75.4 cm³/mol. The van der Waals surface area contributed by atoms with Gasteiger partial charge < -0.3 is 5.32 Å². The van der Waals surface area contributed by atoms with Crippen molar-refractivity contribution in [3.8, 4) is 0 Å². The van der Waals surface area contributed by atoms with Crippen molar-refractivity contribution in [3.63, 3.8) is 0 Å². The molecule has 1 saturated heterocycles. The maximum Gasteiger partial charge on any atom is 0.150 e. The van der Waals surface area contributed by atoms with E-state index in [-0.39, 0.29) is 11.0 Å². The van der Waals surface area contributed by atoms with Gasteiger partial charge in [0.2, 0.25) is 0 Å². The molecule has 1 unspecified atom stereocenters. The third-order valence-corrected chi connectivity index (χ3v) is 6.44. The molecule has 1 saturated carbocycles. The zero-order valence-corrected chi connectivity index (χ0v) is 12.8. The van der Waals surface area contributed by atoms with Crippen LogP contribution in [0, 0.1) is 11.3 Å². The van der Waals surface area contributed by atoms with Crippen molar-refractivity contribution in [1.29, 1.82) is 0 Å². The lowest BCUT2D eigenvalue weighted by molar-refractivity contribution is 0.163. The van der Waals surface area contributed by atoms with Gasteiger partial charge in [-0.2, -0.15) is 0 Å². The van der Waals surface area contributed by atoms with Gasteiger partial charge in [-0.25, -0.2) is 8.42 Å². The highest BCUT2D eigenvalue weighted by Crippen LogP contribution is 2.48. The average Bonchev–Trinajstić information content (AvgIpc) is 2.81. The van der Waals surface area contributed by atoms with Crippen LogP contribution < -0.4 is 5.32 Å². The molecule has 0 amide bonds. The van der Waals surface area contributed by atoms with E-state index in [9.17, 15) is 8.42 Å². The second kappa shape index (κ2) is 4.78. The normalized spacial score (nSPS) is 30.7. The third kappa shape index (κ3) is 3.27. The van der Waals surface area contributed by atoms with Crippen LogP contribution in [0.1, 0.15) is 52.9 Å². The SMILES string of the molecule is CC(C)(C)NCC1(C2CCS(=O)(=O)C2)CCCC1. The molecule has 0 spiro atoms. The smallest absolute Gasteiger partial charge is 0.150 e. The Morgan fingerprint density at radius 1 is 1.22 bits per heavy atom. The molecule has 2 aliphatic rings. The summed E-state index contributed by atoms with van der Waals surface area (Å²) in [5, 5.41) is 3.61. The van der Waals surface area contributed by atoms with E-state index in [1.54, 1.807) is 0 Å². The molecule has 2 rings (SSSR count). The lowest BCUT2D eigenvalue weighted by Crippen LogP contribution is -2.46. The summed E-state index contributed by atoms with van der Waals surface area (Å²) in [4.78, 5) is 0. The van der Waals surface area contributed by atoms with Crippen LogP contribution in [-0.2, 0) is 9.84 Å². The van der Waals surface area contributed by atoms with Crippen LogP contribution in [0.3, 0.4) is 0 Å². The molecule has 3 nitrogen and oxygen atoms in total. The third-order valence-electron chi connectivity index (χ3n) is 4.67. The number of sulfone groups is 1. The van der Waals surface area contributed by atoms with Gasteiger partial charge in [-0.15, -0.1) is 0 Å². The number of nitrogens with one attached hydrogen (secondary N) is 1. The molecule has 1 aliphatic heterocycles. The van der Waals surface area contributed by atoms with Crippen molar-refractivity contribution in [3.05, 3.63) is 0 Å². The standard InChI is InChI=1S/C14H27NO2S/c1-13(2,3)15-11-14(7-4-5-8-14)12-6-9-18(16,17)10-12/h12,15H,4-11H2,1-3H3. The molecular formula is C14H27NO2S. The Hall–Kier alpha value is -0.0900. The van der Waals surface area contributed by atoms with Gasteiger partial charge in [0.25, 0.3) is 0 Å². The molecule has 1 aliphatic carbocycles. The second-order valence-electron chi connectivity index (χ2n) is 7.27. The molecule has 1 heterocycles. The first kappa shape index (κ1) is 14.3. The topological polar surface area (TPSA) is 46.2 Å². The summed E-state index contributed by atoms with van der Waals surface area (Å²) in [6.45, 7) is 7.53. The Bertz CT molecular complexity index is 389. The molecule has 0 radical (unpaired) electrons. The Morgan fingerprint density at radius 3 is 2.28 bits per heavy atom. The zero-order chi connectivity index (χ0) is 13.4. The molecule has 4 heteroatoms. The number of hydrogen-bond donors (Lipinski definition) is 1. The minimum Gasteiger partial charge on any atom is -0.312 e. The summed E-state index contributed by atoms with van der Waals surface area (Å²) in [6.07, 6.45) is 5.82. The van der Waals surface area contributed by atoms with Gasteiger partial charge in [-0.05, 0) is 51.4 Å². The van der Waals surface area contributed by atoms with E-state index < -0.39 is 9.84 Å². The largest absolute Gasteiger partial charge is 0.312 e. The van der Waals surface area contributed by atoms with Crippen molar-refractivity contribution >= 4 is 9.84 Å². The van der Waals surface area contributed by atoms with E-state index in [2.05, 4.69) is 26.1 Å².